The zero-order valence-electron chi connectivity index (χ0n) is 11.6. The topological polar surface area (TPSA) is 55.4 Å². The Morgan fingerprint density at radius 2 is 1.90 bits per heavy atom. The normalized spacial score (nSPS) is 12.3. The van der Waals surface area contributed by atoms with Crippen molar-refractivity contribution in [2.45, 2.75) is 32.4 Å². The summed E-state index contributed by atoms with van der Waals surface area (Å²) in [6, 6.07) is 2.00. The van der Waals surface area contributed by atoms with Crippen LogP contribution >= 0.6 is 0 Å². The molecule has 6 heteroatoms. The van der Waals surface area contributed by atoms with Gasteiger partial charge in [-0.05, 0) is 18.2 Å². The van der Waals surface area contributed by atoms with Crippen LogP contribution in [0, 0.1) is 11.6 Å². The molecule has 0 aliphatic rings. The second-order valence-electron chi connectivity index (χ2n) is 4.65. The summed E-state index contributed by atoms with van der Waals surface area (Å²) < 4.78 is 30.5. The molecule has 0 aliphatic heterocycles. The van der Waals surface area contributed by atoms with Gasteiger partial charge in [-0.15, -0.1) is 0 Å². The Balaban J connectivity index is 2.96. The van der Waals surface area contributed by atoms with E-state index >= 15 is 0 Å². The van der Waals surface area contributed by atoms with Crippen molar-refractivity contribution in [2.75, 3.05) is 7.11 Å². The summed E-state index contributed by atoms with van der Waals surface area (Å²) in [4.78, 5) is 23.5. The molecule has 0 aliphatic carbocycles. The number of esters is 1. The van der Waals surface area contributed by atoms with Gasteiger partial charge >= 0.3 is 5.97 Å². The zero-order chi connectivity index (χ0) is 15.3. The molecule has 0 radical (unpaired) electrons. The van der Waals surface area contributed by atoms with Crippen LogP contribution in [-0.4, -0.2) is 30.9 Å². The van der Waals surface area contributed by atoms with Crippen LogP contribution < -0.4 is 5.32 Å². The molecular formula is C14H17F2NO3. The quantitative estimate of drug-likeness (QED) is 0.642. The molecule has 20 heavy (non-hydrogen) atoms. The molecule has 0 bridgehead atoms. The van der Waals surface area contributed by atoms with Gasteiger partial charge in [0.05, 0.1) is 19.6 Å². The van der Waals surface area contributed by atoms with Gasteiger partial charge in [0.1, 0.15) is 0 Å². The first-order valence-corrected chi connectivity index (χ1v) is 6.17. The maximum absolute atomic E-state index is 13.2. The van der Waals surface area contributed by atoms with E-state index in [1.54, 1.807) is 0 Å². The van der Waals surface area contributed by atoms with Gasteiger partial charge in [-0.2, -0.15) is 0 Å². The number of hydrogen-bond acceptors (Lipinski definition) is 4. The van der Waals surface area contributed by atoms with E-state index in [2.05, 4.69) is 10.1 Å². The number of carbonyl (C=O) groups is 2. The van der Waals surface area contributed by atoms with E-state index in [0.29, 0.717) is 0 Å². The van der Waals surface area contributed by atoms with Crippen molar-refractivity contribution in [1.82, 2.24) is 5.32 Å². The number of ketones is 1. The number of carbonyl (C=O) groups excluding carboxylic acids is 2. The summed E-state index contributed by atoms with van der Waals surface area (Å²) in [6.45, 7) is 3.62. The highest BCUT2D eigenvalue weighted by Crippen LogP contribution is 2.12. The van der Waals surface area contributed by atoms with Gasteiger partial charge < -0.3 is 10.1 Å². The molecule has 1 N–H and O–H groups in total. The highest BCUT2D eigenvalue weighted by Gasteiger charge is 2.24. The lowest BCUT2D eigenvalue weighted by atomic mass is 10.0. The second kappa shape index (κ2) is 7.09. The Labute approximate surface area is 116 Å². The largest absolute Gasteiger partial charge is 0.469 e. The van der Waals surface area contributed by atoms with E-state index in [0.717, 1.165) is 12.1 Å². The summed E-state index contributed by atoms with van der Waals surface area (Å²) in [5.41, 5.74) is 0.00551. The van der Waals surface area contributed by atoms with Gasteiger partial charge in [0.15, 0.2) is 17.4 Å². The van der Waals surface area contributed by atoms with Gasteiger partial charge in [-0.1, -0.05) is 13.8 Å². The Bertz CT molecular complexity index is 503. The summed E-state index contributed by atoms with van der Waals surface area (Å²) >= 11 is 0. The van der Waals surface area contributed by atoms with Crippen molar-refractivity contribution in [1.29, 1.82) is 0 Å². The lowest BCUT2D eigenvalue weighted by Gasteiger charge is -2.19. The van der Waals surface area contributed by atoms with Crippen molar-refractivity contribution in [3.8, 4) is 0 Å². The maximum atomic E-state index is 13.2. The molecule has 4 nitrogen and oxygen atoms in total. The fourth-order valence-electron chi connectivity index (χ4n) is 1.73. The van der Waals surface area contributed by atoms with E-state index in [-0.39, 0.29) is 18.0 Å². The van der Waals surface area contributed by atoms with Crippen LogP contribution in [0.25, 0.3) is 0 Å². The molecule has 0 saturated heterocycles. The van der Waals surface area contributed by atoms with Crippen molar-refractivity contribution >= 4 is 11.8 Å². The number of halogens is 2. The lowest BCUT2D eigenvalue weighted by molar-refractivity contribution is -0.141. The van der Waals surface area contributed by atoms with E-state index < -0.39 is 29.4 Å². The van der Waals surface area contributed by atoms with E-state index in [9.17, 15) is 18.4 Å². The van der Waals surface area contributed by atoms with Crippen molar-refractivity contribution < 1.29 is 23.1 Å². The van der Waals surface area contributed by atoms with Crippen molar-refractivity contribution in [3.63, 3.8) is 0 Å². The number of Topliss-reactive ketones (excluding diaryl/α,β-unsaturated/α-hetero) is 1. The van der Waals surface area contributed by atoms with E-state index in [1.807, 2.05) is 13.8 Å². The van der Waals surface area contributed by atoms with E-state index in [1.165, 1.54) is 13.2 Å². The van der Waals surface area contributed by atoms with Gasteiger partial charge in [0, 0.05) is 11.6 Å². The van der Waals surface area contributed by atoms with Crippen LogP contribution in [0.5, 0.6) is 0 Å². The highest BCUT2D eigenvalue weighted by molar-refractivity contribution is 6.01. The molecule has 1 aromatic rings. The fraction of sp³-hybridized carbons (Fsp3) is 0.429. The van der Waals surface area contributed by atoms with Gasteiger partial charge in [-0.3, -0.25) is 9.59 Å². The smallest absolute Gasteiger partial charge is 0.307 e. The van der Waals surface area contributed by atoms with Gasteiger partial charge in [0.2, 0.25) is 0 Å². The lowest BCUT2D eigenvalue weighted by Crippen LogP contribution is -2.42. The SMILES string of the molecule is COC(=O)CC(NC(C)C)C(=O)c1ccc(F)c(F)c1. The highest BCUT2D eigenvalue weighted by atomic mass is 19.2. The average Bonchev–Trinajstić information content (AvgIpc) is 2.39. The van der Waals surface area contributed by atoms with Crippen molar-refractivity contribution in [3.05, 3.63) is 35.4 Å². The average molecular weight is 285 g/mol. The standard InChI is InChI=1S/C14H17F2NO3/c1-8(2)17-12(7-13(18)20-3)14(19)9-4-5-10(15)11(16)6-9/h4-6,8,12,17H,7H2,1-3H3. The van der Waals surface area contributed by atoms with Gasteiger partial charge in [-0.25, -0.2) is 8.78 Å². The number of ether oxygens (including phenoxy) is 1. The Kier molecular flexibility index (Phi) is 5.76. The molecule has 0 fully saturated rings. The molecule has 1 unspecified atom stereocenters. The van der Waals surface area contributed by atoms with Crippen LogP contribution in [-0.2, 0) is 9.53 Å². The van der Waals surface area contributed by atoms with Crippen LogP contribution in [0.2, 0.25) is 0 Å². The third-order valence-electron chi connectivity index (χ3n) is 2.65. The molecule has 1 aromatic carbocycles. The van der Waals surface area contributed by atoms with Crippen LogP contribution in [0.1, 0.15) is 30.6 Å². The summed E-state index contributed by atoms with van der Waals surface area (Å²) in [5.74, 6) is -3.16. The van der Waals surface area contributed by atoms with Crippen LogP contribution in [0.15, 0.2) is 18.2 Å². The van der Waals surface area contributed by atoms with Crippen molar-refractivity contribution in [2.24, 2.45) is 0 Å². The Morgan fingerprint density at radius 1 is 1.25 bits per heavy atom. The summed E-state index contributed by atoms with van der Waals surface area (Å²) in [5, 5.41) is 2.91. The first-order chi connectivity index (χ1) is 9.35. The molecule has 0 saturated carbocycles. The Morgan fingerprint density at radius 3 is 2.40 bits per heavy atom. The minimum absolute atomic E-state index is 0.00551. The minimum atomic E-state index is -1.10. The molecule has 1 rings (SSSR count). The number of rotatable bonds is 6. The Hall–Kier alpha value is -1.82. The predicted molar refractivity (Wildman–Crippen MR) is 69.4 cm³/mol. The molecule has 1 atom stereocenters. The minimum Gasteiger partial charge on any atom is -0.469 e. The number of methoxy groups -OCH3 is 1. The zero-order valence-corrected chi connectivity index (χ0v) is 11.6. The molecule has 0 heterocycles. The second-order valence-corrected chi connectivity index (χ2v) is 4.65. The molecule has 0 spiro atoms. The third kappa shape index (κ3) is 4.38. The molecule has 110 valence electrons. The third-order valence-corrected chi connectivity index (χ3v) is 2.65. The van der Waals surface area contributed by atoms with Gasteiger partial charge in [0.25, 0.3) is 0 Å². The van der Waals surface area contributed by atoms with Crippen LogP contribution in [0.4, 0.5) is 8.78 Å². The summed E-state index contributed by atoms with van der Waals surface area (Å²) in [6.07, 6.45) is -0.174. The first kappa shape index (κ1) is 16.2. The summed E-state index contributed by atoms with van der Waals surface area (Å²) in [7, 11) is 1.22. The molecule has 0 amide bonds. The number of benzene rings is 1. The van der Waals surface area contributed by atoms with E-state index in [4.69, 9.17) is 0 Å². The monoisotopic (exact) mass is 285 g/mol. The molecular weight excluding hydrogens is 268 g/mol. The molecule has 0 aromatic heterocycles. The van der Waals surface area contributed by atoms with Crippen LogP contribution in [0.3, 0.4) is 0 Å². The number of hydrogen-bond donors (Lipinski definition) is 1. The fourth-order valence-corrected chi connectivity index (χ4v) is 1.73. The maximum Gasteiger partial charge on any atom is 0.307 e. The number of nitrogens with one attached hydrogen (secondary N) is 1. The predicted octanol–water partition coefficient (Wildman–Crippen LogP) is 2.08. The first-order valence-electron chi connectivity index (χ1n) is 6.17.